The molecule has 1 aromatic rings. The number of phenols is 1. The van der Waals surface area contributed by atoms with Gasteiger partial charge in [-0.15, -0.1) is 11.8 Å². The Morgan fingerprint density at radius 1 is 1.15 bits per heavy atom. The van der Waals surface area contributed by atoms with Gasteiger partial charge in [0.1, 0.15) is 5.75 Å². The zero-order valence-corrected chi connectivity index (χ0v) is 18.1. The van der Waals surface area contributed by atoms with Crippen molar-refractivity contribution in [2.24, 2.45) is 22.7 Å². The highest BCUT2D eigenvalue weighted by atomic mass is 32.2. The molecule has 1 amide bonds. The summed E-state index contributed by atoms with van der Waals surface area (Å²) in [6.45, 7) is 9.92. The van der Waals surface area contributed by atoms with Crippen molar-refractivity contribution in [3.05, 3.63) is 23.3 Å². The Balaban J connectivity index is 1.82. The second-order valence-corrected chi connectivity index (χ2v) is 11.2. The number of benzene rings is 1. The third-order valence-electron chi connectivity index (χ3n) is 8.38. The number of phenolic OH excluding ortho intramolecular Hbond substituents is 1. The van der Waals surface area contributed by atoms with Crippen LogP contribution in [0.25, 0.3) is 0 Å². The van der Waals surface area contributed by atoms with Crippen LogP contribution in [-0.2, 0) is 5.41 Å². The molecule has 148 valence electrons. The second kappa shape index (κ2) is 6.17. The summed E-state index contributed by atoms with van der Waals surface area (Å²) < 4.78 is 0. The summed E-state index contributed by atoms with van der Waals surface area (Å²) in [6.07, 6.45) is 6.42. The quantitative estimate of drug-likeness (QED) is 0.682. The molecule has 0 aromatic heterocycles. The molecule has 0 spiro atoms. The number of carbonyl (C=O) groups is 1. The molecule has 3 nitrogen and oxygen atoms in total. The van der Waals surface area contributed by atoms with Crippen LogP contribution in [0.15, 0.2) is 17.0 Å². The molecule has 27 heavy (non-hydrogen) atoms. The Bertz CT molecular complexity index is 789. The van der Waals surface area contributed by atoms with Gasteiger partial charge in [0.15, 0.2) is 0 Å². The number of hydrogen-bond donors (Lipinski definition) is 2. The van der Waals surface area contributed by atoms with Gasteiger partial charge in [0.2, 0.25) is 0 Å². The average Bonchev–Trinajstić information content (AvgIpc) is 2.59. The van der Waals surface area contributed by atoms with E-state index in [1.165, 1.54) is 37.7 Å². The van der Waals surface area contributed by atoms with Gasteiger partial charge in [-0.3, -0.25) is 4.79 Å². The van der Waals surface area contributed by atoms with Crippen molar-refractivity contribution in [2.45, 2.75) is 70.1 Å². The summed E-state index contributed by atoms with van der Waals surface area (Å²) in [6, 6.07) is 3.81. The lowest BCUT2D eigenvalue weighted by Gasteiger charge is -2.64. The normalized spacial score (nSPS) is 36.9. The molecule has 0 saturated heterocycles. The van der Waals surface area contributed by atoms with Gasteiger partial charge in [0, 0.05) is 17.7 Å². The number of amides is 1. The first-order valence-corrected chi connectivity index (χ1v) is 11.3. The fourth-order valence-corrected chi connectivity index (χ4v) is 8.71. The predicted molar refractivity (Wildman–Crippen MR) is 112 cm³/mol. The van der Waals surface area contributed by atoms with Crippen molar-refractivity contribution in [1.82, 2.24) is 5.32 Å². The highest BCUT2D eigenvalue weighted by molar-refractivity contribution is 7.99. The van der Waals surface area contributed by atoms with E-state index < -0.39 is 0 Å². The first-order chi connectivity index (χ1) is 12.6. The molecular weight excluding hydrogens is 354 g/mol. The van der Waals surface area contributed by atoms with Crippen LogP contribution in [0.2, 0.25) is 0 Å². The number of thioether (sulfide) groups is 1. The molecule has 2 aliphatic carbocycles. The molecule has 2 fully saturated rings. The van der Waals surface area contributed by atoms with Crippen LogP contribution < -0.4 is 5.32 Å². The van der Waals surface area contributed by atoms with Crippen LogP contribution in [0.4, 0.5) is 0 Å². The zero-order valence-electron chi connectivity index (χ0n) is 17.3. The first-order valence-electron chi connectivity index (χ1n) is 10.4. The summed E-state index contributed by atoms with van der Waals surface area (Å²) in [5.41, 5.74) is 2.54. The van der Waals surface area contributed by atoms with Crippen LogP contribution in [-0.4, -0.2) is 23.8 Å². The Labute approximate surface area is 167 Å². The summed E-state index contributed by atoms with van der Waals surface area (Å²) in [5, 5.41) is 13.1. The number of rotatable bonds is 1. The summed E-state index contributed by atoms with van der Waals surface area (Å²) in [5.74, 6) is 2.40. The van der Waals surface area contributed by atoms with Crippen molar-refractivity contribution in [1.29, 1.82) is 0 Å². The third-order valence-corrected chi connectivity index (χ3v) is 9.53. The average molecular weight is 388 g/mol. The Kier molecular flexibility index (Phi) is 4.38. The lowest BCUT2D eigenvalue weighted by Crippen LogP contribution is -2.58. The van der Waals surface area contributed by atoms with Gasteiger partial charge in [-0.2, -0.15) is 0 Å². The monoisotopic (exact) mass is 387 g/mol. The molecule has 4 atom stereocenters. The topological polar surface area (TPSA) is 49.3 Å². The van der Waals surface area contributed by atoms with Crippen LogP contribution in [0.3, 0.4) is 0 Å². The maximum Gasteiger partial charge on any atom is 0.254 e. The minimum atomic E-state index is -0.204. The molecule has 2 N–H and O–H groups in total. The van der Waals surface area contributed by atoms with Gasteiger partial charge >= 0.3 is 0 Å². The van der Waals surface area contributed by atoms with Gasteiger partial charge in [-0.1, -0.05) is 34.1 Å². The summed E-state index contributed by atoms with van der Waals surface area (Å²) in [7, 11) is 1.62. The highest BCUT2D eigenvalue weighted by Crippen LogP contribution is 2.67. The van der Waals surface area contributed by atoms with Crippen LogP contribution in [0.1, 0.15) is 75.7 Å². The van der Waals surface area contributed by atoms with Crippen molar-refractivity contribution in [3.63, 3.8) is 0 Å². The maximum atomic E-state index is 12.3. The van der Waals surface area contributed by atoms with E-state index in [9.17, 15) is 9.90 Å². The van der Waals surface area contributed by atoms with E-state index in [1.54, 1.807) is 7.05 Å². The molecule has 1 aliphatic heterocycles. The molecule has 3 aliphatic rings. The smallest absolute Gasteiger partial charge is 0.254 e. The number of nitrogens with one attached hydrogen (secondary N) is 1. The summed E-state index contributed by atoms with van der Waals surface area (Å²) >= 11 is 1.88. The standard InChI is InChI=1S/C23H33NO2S/c1-21(2)8-6-9-23(4)18(21)7-10-22(3)15-11-14(20(26)24-5)16(25)12-17(15)27-13-19(22)23/h11-12,18-19,25H,6-10,13H2,1-5H3,(H,24,26)/t18-,19-,22-,23-/m0/s1. The van der Waals surface area contributed by atoms with Gasteiger partial charge in [0.25, 0.3) is 5.91 Å². The molecule has 4 rings (SSSR count). The van der Waals surface area contributed by atoms with Crippen molar-refractivity contribution >= 4 is 17.7 Å². The maximum absolute atomic E-state index is 12.3. The van der Waals surface area contributed by atoms with Crippen molar-refractivity contribution < 1.29 is 9.90 Å². The highest BCUT2D eigenvalue weighted by Gasteiger charge is 2.59. The van der Waals surface area contributed by atoms with E-state index in [0.717, 1.165) is 16.6 Å². The van der Waals surface area contributed by atoms with Gasteiger partial charge < -0.3 is 10.4 Å². The van der Waals surface area contributed by atoms with E-state index in [1.807, 2.05) is 23.9 Å². The molecule has 2 saturated carbocycles. The SMILES string of the molecule is CNC(=O)c1cc2c(cc1O)SC[C@@H]1[C@@]3(C)CCCC(C)(C)[C@@H]3CC[C@@]21C. The fourth-order valence-electron chi connectivity index (χ4n) is 6.97. The largest absolute Gasteiger partial charge is 0.507 e. The van der Waals surface area contributed by atoms with E-state index >= 15 is 0 Å². The van der Waals surface area contributed by atoms with Crippen LogP contribution >= 0.6 is 11.8 Å². The number of hydrogen-bond acceptors (Lipinski definition) is 3. The van der Waals surface area contributed by atoms with E-state index in [2.05, 4.69) is 33.0 Å². The minimum absolute atomic E-state index is 0.0791. The van der Waals surface area contributed by atoms with Crippen LogP contribution in [0, 0.1) is 22.7 Å². The Hall–Kier alpha value is -1.16. The number of fused-ring (bicyclic) bond motifs is 5. The lowest BCUT2D eigenvalue weighted by molar-refractivity contribution is -0.0973. The zero-order chi connectivity index (χ0) is 19.6. The Morgan fingerprint density at radius 2 is 1.89 bits per heavy atom. The molecule has 4 heteroatoms. The molecule has 0 radical (unpaired) electrons. The van der Waals surface area contributed by atoms with E-state index in [-0.39, 0.29) is 17.1 Å². The molecule has 0 bridgehead atoms. The molecule has 0 unspecified atom stereocenters. The van der Waals surface area contributed by atoms with Gasteiger partial charge in [-0.25, -0.2) is 0 Å². The molecule has 1 heterocycles. The van der Waals surface area contributed by atoms with Crippen LogP contribution in [0.5, 0.6) is 5.75 Å². The fraction of sp³-hybridized carbons (Fsp3) is 0.696. The van der Waals surface area contributed by atoms with E-state index in [0.29, 0.717) is 22.3 Å². The third kappa shape index (κ3) is 2.66. The summed E-state index contributed by atoms with van der Waals surface area (Å²) in [4.78, 5) is 13.4. The molecule has 1 aromatic carbocycles. The Morgan fingerprint density at radius 3 is 2.59 bits per heavy atom. The molecular formula is C23H33NO2S. The first kappa shape index (κ1) is 19.2. The second-order valence-electron chi connectivity index (χ2n) is 10.2. The van der Waals surface area contributed by atoms with Crippen molar-refractivity contribution in [3.8, 4) is 5.75 Å². The van der Waals surface area contributed by atoms with Gasteiger partial charge in [-0.05, 0) is 71.5 Å². The predicted octanol–water partition coefficient (Wildman–Crippen LogP) is 5.36. The van der Waals surface area contributed by atoms with E-state index in [4.69, 9.17) is 0 Å². The van der Waals surface area contributed by atoms with Crippen molar-refractivity contribution in [2.75, 3.05) is 12.8 Å². The van der Waals surface area contributed by atoms with Gasteiger partial charge in [0.05, 0.1) is 5.56 Å². The number of carbonyl (C=O) groups excluding carboxylic acids is 1. The lowest BCUT2D eigenvalue weighted by atomic mass is 9.43. The number of aromatic hydroxyl groups is 1. The minimum Gasteiger partial charge on any atom is -0.507 e.